The van der Waals surface area contributed by atoms with Gasteiger partial charge in [0.25, 0.3) is 5.91 Å². The van der Waals surface area contributed by atoms with E-state index in [1.54, 1.807) is 12.1 Å². The fourth-order valence-electron chi connectivity index (χ4n) is 3.80. The highest BCUT2D eigenvalue weighted by molar-refractivity contribution is 6.22. The highest BCUT2D eigenvalue weighted by Gasteiger charge is 2.19. The minimum atomic E-state index is -0.471. The predicted molar refractivity (Wildman–Crippen MR) is 142 cm³/mol. The molecule has 0 radical (unpaired) electrons. The molecule has 7 nitrogen and oxygen atoms in total. The number of nitrogens with one attached hydrogen (secondary N) is 2. The Morgan fingerprint density at radius 3 is 2.47 bits per heavy atom. The van der Waals surface area contributed by atoms with Crippen LogP contribution in [-0.2, 0) is 10.3 Å². The molecular weight excluding hydrogens is 452 g/mol. The molecule has 0 aliphatic carbocycles. The molecule has 0 aliphatic heterocycles. The van der Waals surface area contributed by atoms with Crippen LogP contribution in [0.3, 0.4) is 0 Å². The summed E-state index contributed by atoms with van der Waals surface area (Å²) in [6, 6.07) is 22.8. The number of carbonyl (C=O) groups is 1. The van der Waals surface area contributed by atoms with Crippen LogP contribution < -0.4 is 11.1 Å². The van der Waals surface area contributed by atoms with Crippen LogP contribution in [0, 0.1) is 11.8 Å². The largest absolute Gasteiger partial charge is 0.494 e. The number of aliphatic imine (C=N–C) groups is 1. The Bertz CT molecular complexity index is 1470. The molecule has 0 atom stereocenters. The maximum absolute atomic E-state index is 11.7. The third-order valence-corrected chi connectivity index (χ3v) is 5.63. The second-order valence-electron chi connectivity index (χ2n) is 8.93. The lowest BCUT2D eigenvalue weighted by Crippen LogP contribution is -2.28. The van der Waals surface area contributed by atoms with E-state index in [1.807, 2.05) is 74.5 Å². The van der Waals surface area contributed by atoms with Gasteiger partial charge in [-0.2, -0.15) is 0 Å². The fraction of sp³-hybridized carbons (Fsp3) is 0.172. The van der Waals surface area contributed by atoms with Gasteiger partial charge < -0.3 is 26.2 Å². The third kappa shape index (κ3) is 5.63. The van der Waals surface area contributed by atoms with Crippen LogP contribution in [0.2, 0.25) is 0 Å². The van der Waals surface area contributed by atoms with E-state index in [-0.39, 0.29) is 19.0 Å². The van der Waals surface area contributed by atoms with Gasteiger partial charge in [0.05, 0.1) is 29.1 Å². The van der Waals surface area contributed by atoms with E-state index in [0.717, 1.165) is 22.2 Å². The van der Waals surface area contributed by atoms with Crippen LogP contribution in [0.25, 0.3) is 10.9 Å². The van der Waals surface area contributed by atoms with Crippen molar-refractivity contribution in [1.29, 1.82) is 0 Å². The number of carbonyl (C=O) groups excluding carboxylic acids is 1. The number of rotatable bonds is 6. The Morgan fingerprint density at radius 1 is 1.08 bits per heavy atom. The molecule has 0 unspecified atom stereocenters. The van der Waals surface area contributed by atoms with Crippen molar-refractivity contribution in [3.8, 4) is 17.7 Å². The molecule has 4 rings (SSSR count). The monoisotopic (exact) mass is 480 g/mol. The molecule has 1 heterocycles. The van der Waals surface area contributed by atoms with Crippen molar-refractivity contribution in [3.63, 3.8) is 0 Å². The van der Waals surface area contributed by atoms with Crippen LogP contribution in [0.4, 0.5) is 5.69 Å². The van der Waals surface area contributed by atoms with Gasteiger partial charge >= 0.3 is 0 Å². The lowest BCUT2D eigenvalue weighted by Gasteiger charge is -2.19. The molecule has 6 N–H and O–H groups in total. The number of aromatic amines is 1. The number of aliphatic hydroxyl groups is 1. The van der Waals surface area contributed by atoms with E-state index >= 15 is 0 Å². The molecule has 0 spiro atoms. The van der Waals surface area contributed by atoms with E-state index in [4.69, 9.17) is 15.8 Å². The summed E-state index contributed by atoms with van der Waals surface area (Å²) in [5, 5.41) is 23.0. The quantitative estimate of drug-likeness (QED) is 0.213. The number of hydrogen-bond acceptors (Lipinski definition) is 5. The molecule has 1 amide bonds. The van der Waals surface area contributed by atoms with Crippen molar-refractivity contribution in [1.82, 2.24) is 10.3 Å². The predicted octanol–water partition coefficient (Wildman–Crippen LogP) is 3.70. The number of nitrogens with zero attached hydrogens (tertiary/aromatic N) is 1. The first-order valence-corrected chi connectivity index (χ1v) is 11.6. The molecule has 3 aromatic carbocycles. The lowest BCUT2D eigenvalue weighted by molar-refractivity contribution is -0.115. The topological polar surface area (TPSA) is 124 Å². The van der Waals surface area contributed by atoms with E-state index in [9.17, 15) is 9.90 Å². The number of H-pyrrole nitrogens is 1. The number of amides is 1. The molecule has 1 aromatic heterocycles. The number of fused-ring (bicyclic) bond motifs is 1. The van der Waals surface area contributed by atoms with Crippen molar-refractivity contribution in [2.75, 3.05) is 13.2 Å². The third-order valence-electron chi connectivity index (χ3n) is 5.63. The maximum Gasteiger partial charge on any atom is 0.296 e. The zero-order valence-corrected chi connectivity index (χ0v) is 20.2. The van der Waals surface area contributed by atoms with Crippen molar-refractivity contribution < 1.29 is 15.0 Å². The lowest BCUT2D eigenvalue weighted by atomic mass is 9.95. The minimum Gasteiger partial charge on any atom is -0.494 e. The summed E-state index contributed by atoms with van der Waals surface area (Å²) in [6.45, 7) is 3.90. The number of benzene rings is 3. The number of aromatic hydroxyl groups is 1. The summed E-state index contributed by atoms with van der Waals surface area (Å²) in [4.78, 5) is 19.6. The molecule has 0 saturated carbocycles. The van der Waals surface area contributed by atoms with Crippen LogP contribution in [0.5, 0.6) is 5.88 Å². The van der Waals surface area contributed by atoms with Gasteiger partial charge in [0.15, 0.2) is 5.88 Å². The van der Waals surface area contributed by atoms with Gasteiger partial charge in [0.1, 0.15) is 0 Å². The van der Waals surface area contributed by atoms with Crippen molar-refractivity contribution in [3.05, 3.63) is 95.1 Å². The maximum atomic E-state index is 11.7. The Morgan fingerprint density at radius 2 is 1.81 bits per heavy atom. The first-order chi connectivity index (χ1) is 17.3. The Labute approximate surface area is 209 Å². The van der Waals surface area contributed by atoms with Crippen LogP contribution in [0.1, 0.15) is 36.1 Å². The standard InChI is InChI=1S/C29H28N4O3/c1-29(2,30)21-10-12-22(13-11-21)32-27(20-6-4-3-5-7-20)26-23-14-8-19(18-24(23)33-28(26)36)9-15-25(35)31-16-17-34/h3-8,10-14,18,33-34,36H,16-17,30H2,1-2H3,(H,31,35). The molecule has 7 heteroatoms. The van der Waals surface area contributed by atoms with E-state index < -0.39 is 11.4 Å². The van der Waals surface area contributed by atoms with Gasteiger partial charge in [-0.05, 0) is 43.7 Å². The van der Waals surface area contributed by atoms with Crippen LogP contribution in [0.15, 0.2) is 77.8 Å². The molecule has 36 heavy (non-hydrogen) atoms. The summed E-state index contributed by atoms with van der Waals surface area (Å²) in [5.41, 5.74) is 10.8. The second kappa shape index (κ2) is 10.5. The van der Waals surface area contributed by atoms with Gasteiger partial charge in [0, 0.05) is 34.5 Å². The summed E-state index contributed by atoms with van der Waals surface area (Å²) >= 11 is 0. The molecule has 0 aliphatic rings. The summed E-state index contributed by atoms with van der Waals surface area (Å²) < 4.78 is 0. The number of hydrogen-bond donors (Lipinski definition) is 5. The molecule has 182 valence electrons. The first kappa shape index (κ1) is 24.7. The smallest absolute Gasteiger partial charge is 0.296 e. The number of aliphatic hydroxyl groups excluding tert-OH is 1. The second-order valence-corrected chi connectivity index (χ2v) is 8.93. The van der Waals surface area contributed by atoms with Gasteiger partial charge in [-0.3, -0.25) is 4.79 Å². The minimum absolute atomic E-state index is 0.0156. The number of aromatic nitrogens is 1. The SMILES string of the molecule is CC(C)(N)c1ccc(N=C(c2ccccc2)c2c(O)[nH]c3cc(C#CC(=O)NCCO)ccc23)cc1. The first-order valence-electron chi connectivity index (χ1n) is 11.6. The van der Waals surface area contributed by atoms with Gasteiger partial charge in [-0.1, -0.05) is 54.5 Å². The Balaban J connectivity index is 1.78. The normalized spacial score (nSPS) is 11.7. The summed E-state index contributed by atoms with van der Waals surface area (Å²) in [7, 11) is 0. The molecule has 0 bridgehead atoms. The zero-order valence-electron chi connectivity index (χ0n) is 20.2. The zero-order chi connectivity index (χ0) is 25.7. The highest BCUT2D eigenvalue weighted by Crippen LogP contribution is 2.32. The number of nitrogens with two attached hydrogens (primary N) is 1. The van der Waals surface area contributed by atoms with Gasteiger partial charge in [-0.25, -0.2) is 4.99 Å². The molecule has 0 fully saturated rings. The molecule has 4 aromatic rings. The van der Waals surface area contributed by atoms with E-state index in [0.29, 0.717) is 22.4 Å². The average Bonchev–Trinajstić information content (AvgIpc) is 3.19. The Hall–Kier alpha value is -4.38. The molecule has 0 saturated heterocycles. The molecular formula is C29H28N4O3. The average molecular weight is 481 g/mol. The van der Waals surface area contributed by atoms with Crippen molar-refractivity contribution >= 4 is 28.2 Å². The fourth-order valence-corrected chi connectivity index (χ4v) is 3.80. The van der Waals surface area contributed by atoms with Crippen LogP contribution in [-0.4, -0.2) is 40.0 Å². The van der Waals surface area contributed by atoms with Crippen LogP contribution >= 0.6 is 0 Å². The summed E-state index contributed by atoms with van der Waals surface area (Å²) in [5.74, 6) is 4.82. The van der Waals surface area contributed by atoms with E-state index in [2.05, 4.69) is 22.1 Å². The highest BCUT2D eigenvalue weighted by atomic mass is 16.3. The van der Waals surface area contributed by atoms with Crippen molar-refractivity contribution in [2.24, 2.45) is 10.7 Å². The van der Waals surface area contributed by atoms with Crippen molar-refractivity contribution in [2.45, 2.75) is 19.4 Å². The summed E-state index contributed by atoms with van der Waals surface area (Å²) in [6.07, 6.45) is 0. The van der Waals surface area contributed by atoms with E-state index in [1.165, 1.54) is 0 Å². The Kier molecular flexibility index (Phi) is 7.20. The van der Waals surface area contributed by atoms with Gasteiger partial charge in [-0.15, -0.1) is 0 Å². The van der Waals surface area contributed by atoms with Gasteiger partial charge in [0.2, 0.25) is 0 Å².